The van der Waals surface area contributed by atoms with Gasteiger partial charge in [0, 0.05) is 40.6 Å². The standard InChI is InChI=1S/C29H23N2O9P/c30-28(34)24(13-16-1-9-21(10-2-16)40-41(36,37)38)31-29(35)18-5-3-17(4-6-18)27-22-11-7-19(32)14-25(22)39-26-15-20(33)8-12-23(26)27/h1-12,14-15,24,32H,13H2,(H2,30,34)(H,31,35)(H2,36,37,38). The van der Waals surface area contributed by atoms with Crippen LogP contribution < -0.4 is 21.0 Å². The molecule has 2 aliphatic rings. The van der Waals surface area contributed by atoms with E-state index in [-0.39, 0.29) is 28.9 Å². The van der Waals surface area contributed by atoms with Gasteiger partial charge in [0.15, 0.2) is 5.43 Å². The first kappa shape index (κ1) is 27.6. The van der Waals surface area contributed by atoms with Gasteiger partial charge in [-0.3, -0.25) is 24.2 Å². The number of carbonyl (C=O) groups excluding carboxylic acids is 2. The van der Waals surface area contributed by atoms with E-state index in [9.17, 15) is 24.1 Å². The van der Waals surface area contributed by atoms with E-state index in [1.54, 1.807) is 36.4 Å². The van der Waals surface area contributed by atoms with Crippen LogP contribution in [0.15, 0.2) is 94.1 Å². The number of primary amides is 1. The number of phosphoric ester groups is 1. The molecule has 3 aromatic carbocycles. The molecule has 11 nitrogen and oxygen atoms in total. The van der Waals surface area contributed by atoms with Crippen LogP contribution in [0.1, 0.15) is 15.9 Å². The van der Waals surface area contributed by atoms with E-state index in [1.807, 2.05) is 0 Å². The topological polar surface area (TPSA) is 189 Å². The fourth-order valence-corrected chi connectivity index (χ4v) is 4.88. The molecule has 41 heavy (non-hydrogen) atoms. The Hall–Kier alpha value is -4.96. The summed E-state index contributed by atoms with van der Waals surface area (Å²) in [5, 5.41) is 13.2. The first-order chi connectivity index (χ1) is 19.5. The molecule has 0 bridgehead atoms. The highest BCUT2D eigenvalue weighted by Crippen LogP contribution is 2.40. The second kappa shape index (κ2) is 10.9. The van der Waals surface area contributed by atoms with E-state index >= 15 is 0 Å². The van der Waals surface area contributed by atoms with Crippen molar-refractivity contribution in [2.24, 2.45) is 5.73 Å². The summed E-state index contributed by atoms with van der Waals surface area (Å²) in [7, 11) is -4.71. The molecule has 0 fully saturated rings. The van der Waals surface area contributed by atoms with Gasteiger partial charge in [0.25, 0.3) is 5.91 Å². The van der Waals surface area contributed by atoms with Gasteiger partial charge in [-0.25, -0.2) is 4.57 Å². The Morgan fingerprint density at radius 3 is 2.32 bits per heavy atom. The number of hydrogen-bond donors (Lipinski definition) is 5. The monoisotopic (exact) mass is 574 g/mol. The molecule has 2 amide bonds. The SMILES string of the molecule is NC(=O)C(Cc1ccc(OP(=O)(O)O)cc1)NC(=O)c1ccc(-c2c3ccc(=O)cc-3oc3cc(O)ccc23)cc1. The zero-order chi connectivity index (χ0) is 29.3. The number of aromatic hydroxyl groups is 1. The predicted octanol–water partition coefficient (Wildman–Crippen LogP) is 3.57. The average molecular weight is 574 g/mol. The molecule has 1 aliphatic carbocycles. The van der Waals surface area contributed by atoms with Gasteiger partial charge >= 0.3 is 7.82 Å². The van der Waals surface area contributed by atoms with E-state index in [1.165, 1.54) is 48.5 Å². The molecule has 208 valence electrons. The van der Waals surface area contributed by atoms with Crippen LogP contribution in [0.3, 0.4) is 0 Å². The summed E-state index contributed by atoms with van der Waals surface area (Å²) in [6.07, 6.45) is 0.0371. The number of fused-ring (bicyclic) bond motifs is 2. The molecule has 3 aromatic rings. The van der Waals surface area contributed by atoms with Gasteiger partial charge in [-0.05, 0) is 59.7 Å². The molecule has 6 N–H and O–H groups in total. The number of phenolic OH excluding ortho intramolecular Hbond substituents is 1. The first-order valence-corrected chi connectivity index (χ1v) is 13.7. The van der Waals surface area contributed by atoms with Crippen molar-refractivity contribution in [1.29, 1.82) is 0 Å². The zero-order valence-corrected chi connectivity index (χ0v) is 22.1. The third-order valence-corrected chi connectivity index (χ3v) is 6.80. The summed E-state index contributed by atoms with van der Waals surface area (Å²) in [5.41, 5.74) is 8.65. The van der Waals surface area contributed by atoms with Crippen molar-refractivity contribution in [2.75, 3.05) is 0 Å². The van der Waals surface area contributed by atoms with E-state index in [0.29, 0.717) is 27.9 Å². The summed E-state index contributed by atoms with van der Waals surface area (Å²) in [5.74, 6) is -1.01. The van der Waals surface area contributed by atoms with Crippen LogP contribution in [-0.4, -0.2) is 32.7 Å². The van der Waals surface area contributed by atoms with Crippen LogP contribution in [0.2, 0.25) is 0 Å². The van der Waals surface area contributed by atoms with Gasteiger partial charge in [0.05, 0.1) is 0 Å². The summed E-state index contributed by atoms with van der Waals surface area (Å²) in [6.45, 7) is 0. The Bertz CT molecular complexity index is 1840. The maximum atomic E-state index is 13.0. The van der Waals surface area contributed by atoms with Crippen molar-refractivity contribution >= 4 is 30.6 Å². The van der Waals surface area contributed by atoms with Crippen LogP contribution in [0, 0.1) is 0 Å². The molecule has 0 radical (unpaired) electrons. The Balaban J connectivity index is 1.39. The number of phosphoric acid groups is 1. The molecule has 1 unspecified atom stereocenters. The highest BCUT2D eigenvalue weighted by Gasteiger charge is 2.22. The lowest BCUT2D eigenvalue weighted by molar-refractivity contribution is -0.119. The van der Waals surface area contributed by atoms with Gasteiger partial charge in [-0.2, -0.15) is 0 Å². The van der Waals surface area contributed by atoms with Gasteiger partial charge in [-0.1, -0.05) is 24.3 Å². The van der Waals surface area contributed by atoms with Crippen molar-refractivity contribution in [3.63, 3.8) is 0 Å². The molecule has 1 aliphatic heterocycles. The third-order valence-electron chi connectivity index (χ3n) is 6.35. The number of rotatable bonds is 8. The lowest BCUT2D eigenvalue weighted by Gasteiger charge is -2.17. The Morgan fingerprint density at radius 2 is 1.66 bits per heavy atom. The van der Waals surface area contributed by atoms with Crippen LogP contribution in [0.5, 0.6) is 11.5 Å². The Morgan fingerprint density at radius 1 is 0.951 bits per heavy atom. The second-order valence-electron chi connectivity index (χ2n) is 9.25. The first-order valence-electron chi connectivity index (χ1n) is 12.2. The van der Waals surface area contributed by atoms with Crippen molar-refractivity contribution in [2.45, 2.75) is 12.5 Å². The molecule has 12 heteroatoms. The molecular weight excluding hydrogens is 551 g/mol. The van der Waals surface area contributed by atoms with Gasteiger partial charge in [-0.15, -0.1) is 0 Å². The molecule has 0 saturated carbocycles. The van der Waals surface area contributed by atoms with Gasteiger partial charge in [0.1, 0.15) is 28.9 Å². The average Bonchev–Trinajstić information content (AvgIpc) is 2.91. The Labute approximate surface area is 232 Å². The van der Waals surface area contributed by atoms with E-state index in [2.05, 4.69) is 9.84 Å². The number of phenols is 1. The fourth-order valence-electron chi connectivity index (χ4n) is 4.48. The summed E-state index contributed by atoms with van der Waals surface area (Å²) < 4.78 is 21.4. The van der Waals surface area contributed by atoms with E-state index < -0.39 is 25.7 Å². The second-order valence-corrected chi connectivity index (χ2v) is 10.4. The van der Waals surface area contributed by atoms with Gasteiger partial charge in [0.2, 0.25) is 5.91 Å². The minimum absolute atomic E-state index is 0.00580. The van der Waals surface area contributed by atoms with Gasteiger partial charge < -0.3 is 25.1 Å². The molecule has 5 rings (SSSR count). The van der Waals surface area contributed by atoms with Crippen molar-refractivity contribution < 1.29 is 38.0 Å². The number of nitrogens with one attached hydrogen (secondary N) is 1. The molecule has 1 atom stereocenters. The van der Waals surface area contributed by atoms with Crippen molar-refractivity contribution in [3.8, 4) is 33.9 Å². The molecule has 0 spiro atoms. The Kier molecular flexibility index (Phi) is 7.34. The third kappa shape index (κ3) is 6.28. The van der Waals surface area contributed by atoms with E-state index in [0.717, 1.165) is 11.1 Å². The minimum atomic E-state index is -4.71. The molecule has 1 heterocycles. The van der Waals surface area contributed by atoms with Crippen molar-refractivity contribution in [3.05, 3.63) is 106 Å². The van der Waals surface area contributed by atoms with Crippen LogP contribution in [-0.2, 0) is 15.8 Å². The predicted molar refractivity (Wildman–Crippen MR) is 149 cm³/mol. The number of benzene rings is 4. The maximum Gasteiger partial charge on any atom is 0.524 e. The highest BCUT2D eigenvalue weighted by atomic mass is 31.2. The molecule has 0 aromatic heterocycles. The minimum Gasteiger partial charge on any atom is -0.508 e. The summed E-state index contributed by atoms with van der Waals surface area (Å²) >= 11 is 0. The normalized spacial score (nSPS) is 12.2. The largest absolute Gasteiger partial charge is 0.524 e. The fraction of sp³-hybridized carbons (Fsp3) is 0.0690. The number of hydrogen-bond acceptors (Lipinski definition) is 7. The smallest absolute Gasteiger partial charge is 0.508 e. The number of carbonyl (C=O) groups is 2. The summed E-state index contributed by atoms with van der Waals surface area (Å²) in [4.78, 5) is 54.9. The lowest BCUT2D eigenvalue weighted by atomic mass is 9.93. The van der Waals surface area contributed by atoms with Crippen molar-refractivity contribution in [1.82, 2.24) is 5.32 Å². The van der Waals surface area contributed by atoms with Crippen LogP contribution >= 0.6 is 7.82 Å². The van der Waals surface area contributed by atoms with Crippen LogP contribution in [0.25, 0.3) is 33.4 Å². The zero-order valence-electron chi connectivity index (χ0n) is 21.2. The maximum absolute atomic E-state index is 13.0. The molecule has 0 saturated heterocycles. The highest BCUT2D eigenvalue weighted by molar-refractivity contribution is 7.46. The quantitative estimate of drug-likeness (QED) is 0.136. The number of amides is 2. The molecular formula is C29H23N2O9P. The lowest BCUT2D eigenvalue weighted by Crippen LogP contribution is -2.45. The number of nitrogens with two attached hydrogens (primary N) is 1. The van der Waals surface area contributed by atoms with Crippen LogP contribution in [0.4, 0.5) is 0 Å². The summed E-state index contributed by atoms with van der Waals surface area (Å²) in [6, 6.07) is 20.4. The van der Waals surface area contributed by atoms with E-state index in [4.69, 9.17) is 19.9 Å².